The number of fused-ring (bicyclic) bond motifs is 3. The van der Waals surface area contributed by atoms with Gasteiger partial charge in [0, 0.05) is 45.3 Å². The number of carboxylic acids is 2. The molecule has 9 rings (SSSR count). The largest absolute Gasteiger partial charge is 0.507 e. The Hall–Kier alpha value is -5.84. The molecule has 9 nitrogen and oxygen atoms in total. The first kappa shape index (κ1) is 27.7. The van der Waals surface area contributed by atoms with Gasteiger partial charge in [-0.2, -0.15) is 0 Å². The molecule has 0 fully saturated rings. The predicted octanol–water partition coefficient (Wildman–Crippen LogP) is 6.64. The van der Waals surface area contributed by atoms with E-state index >= 15 is 0 Å². The second-order valence-corrected chi connectivity index (χ2v) is 11.5. The third kappa shape index (κ3) is 3.53. The van der Waals surface area contributed by atoms with Gasteiger partial charge in [0.25, 0.3) is 0 Å². The predicted molar refractivity (Wildman–Crippen MR) is 161 cm³/mol. The molecule has 2 bridgehead atoms. The van der Waals surface area contributed by atoms with Gasteiger partial charge in [-0.1, -0.05) is 54.6 Å². The number of hydrogen-bond acceptors (Lipinski definition) is 7. The van der Waals surface area contributed by atoms with Gasteiger partial charge in [0.2, 0.25) is 5.43 Å². The van der Waals surface area contributed by atoms with Crippen molar-refractivity contribution in [2.45, 2.75) is 18.1 Å². The Bertz CT molecular complexity index is 2310. The molecule has 2 aliphatic carbocycles. The molecule has 0 radical (unpaired) electrons. The molecule has 0 saturated heterocycles. The zero-order valence-corrected chi connectivity index (χ0v) is 23.8. The van der Waals surface area contributed by atoms with Crippen molar-refractivity contribution in [1.82, 2.24) is 0 Å². The molecular formula is C36H21FO9. The first-order chi connectivity index (χ1) is 22.0. The molecule has 0 unspecified atom stereocenters. The van der Waals surface area contributed by atoms with E-state index in [0.717, 1.165) is 29.3 Å². The van der Waals surface area contributed by atoms with Crippen LogP contribution in [0.15, 0.2) is 100 Å². The molecule has 0 atom stereocenters. The summed E-state index contributed by atoms with van der Waals surface area (Å²) < 4.78 is 20.9. The van der Waals surface area contributed by atoms with E-state index in [1.54, 1.807) is 6.07 Å². The van der Waals surface area contributed by atoms with Crippen LogP contribution in [0.5, 0.6) is 5.75 Å². The van der Waals surface area contributed by atoms with E-state index < -0.39 is 34.4 Å². The minimum absolute atomic E-state index is 0.0355. The van der Waals surface area contributed by atoms with Crippen molar-refractivity contribution in [3.8, 4) is 28.2 Å². The molecule has 0 amide bonds. The molecule has 0 aromatic heterocycles. The van der Waals surface area contributed by atoms with Gasteiger partial charge in [-0.15, -0.1) is 0 Å². The van der Waals surface area contributed by atoms with Crippen molar-refractivity contribution in [1.29, 1.82) is 0 Å². The molecule has 5 aliphatic rings. The van der Waals surface area contributed by atoms with Gasteiger partial charge >= 0.3 is 11.9 Å². The van der Waals surface area contributed by atoms with Gasteiger partial charge in [-0.3, -0.25) is 4.79 Å². The molecule has 226 valence electrons. The summed E-state index contributed by atoms with van der Waals surface area (Å²) in [5.41, 5.74) is -0.524. The van der Waals surface area contributed by atoms with Crippen LogP contribution >= 0.6 is 0 Å². The number of halogens is 1. The van der Waals surface area contributed by atoms with Crippen LogP contribution in [-0.4, -0.2) is 27.3 Å². The average Bonchev–Trinajstić information content (AvgIpc) is 3.05. The van der Waals surface area contributed by atoms with E-state index in [-0.39, 0.29) is 55.9 Å². The van der Waals surface area contributed by atoms with Gasteiger partial charge < -0.3 is 19.7 Å². The number of aromatic carboxylic acids is 2. The standard InChI is InChI=1S/C36H21FO9/c1-35-22-6-2-4-8-24(22)36(46-45-35,25-9-5-3-7-23(25)35)26-13-20-30(15-28(26)38)44-31-16-29(39)27(37)14-21(31)32(20)18-11-10-17(33(40)41)12-19(18)34(42)43/h2-16,38H,1H3,(H,40,41)(H,42,43). The lowest BCUT2D eigenvalue weighted by molar-refractivity contribution is -0.415. The Labute approximate surface area is 258 Å². The number of aromatic hydroxyl groups is 1. The maximum absolute atomic E-state index is 14.9. The van der Waals surface area contributed by atoms with Crippen LogP contribution in [0.3, 0.4) is 0 Å². The van der Waals surface area contributed by atoms with Crippen LogP contribution in [-0.2, 0) is 21.0 Å². The second kappa shape index (κ2) is 9.33. The molecule has 4 aromatic rings. The van der Waals surface area contributed by atoms with Crippen molar-refractivity contribution in [3.63, 3.8) is 0 Å². The molecule has 3 heterocycles. The number of rotatable bonds is 4. The van der Waals surface area contributed by atoms with Gasteiger partial charge in [0.05, 0.1) is 11.1 Å². The second-order valence-electron chi connectivity index (χ2n) is 11.5. The highest BCUT2D eigenvalue weighted by molar-refractivity contribution is 6.09. The fourth-order valence-electron chi connectivity index (χ4n) is 6.93. The molecule has 10 heteroatoms. The van der Waals surface area contributed by atoms with Crippen molar-refractivity contribution >= 4 is 22.9 Å². The number of carboxylic acid groups (broad SMARTS) is 2. The van der Waals surface area contributed by atoms with Crippen LogP contribution in [0.4, 0.5) is 4.39 Å². The first-order valence-electron chi connectivity index (χ1n) is 14.2. The number of phenolic OH excluding ortho intramolecular Hbond substituents is 1. The van der Waals surface area contributed by atoms with Gasteiger partial charge in [-0.05, 0) is 47.9 Å². The van der Waals surface area contributed by atoms with Crippen LogP contribution < -0.4 is 5.43 Å². The summed E-state index contributed by atoms with van der Waals surface area (Å²) in [6, 6.07) is 23.3. The zero-order chi connectivity index (χ0) is 32.1. The molecule has 4 aromatic carbocycles. The van der Waals surface area contributed by atoms with E-state index in [0.29, 0.717) is 11.1 Å². The molecule has 46 heavy (non-hydrogen) atoms. The van der Waals surface area contributed by atoms with Crippen molar-refractivity contribution < 1.29 is 43.5 Å². The highest BCUT2D eigenvalue weighted by Crippen LogP contribution is 2.60. The topological polar surface area (TPSA) is 144 Å². The minimum Gasteiger partial charge on any atom is -0.507 e. The van der Waals surface area contributed by atoms with Crippen molar-refractivity contribution in [2.24, 2.45) is 0 Å². The summed E-state index contributed by atoms with van der Waals surface area (Å²) in [5, 5.41) is 31.7. The molecule has 0 saturated carbocycles. The normalized spacial score (nSPS) is 19.6. The fourth-order valence-corrected chi connectivity index (χ4v) is 6.93. The number of hydrogen-bond donors (Lipinski definition) is 3. The fraction of sp³-hybridized carbons (Fsp3) is 0.0833. The van der Waals surface area contributed by atoms with Crippen LogP contribution in [0, 0.1) is 5.82 Å². The maximum Gasteiger partial charge on any atom is 0.336 e. The van der Waals surface area contributed by atoms with Crippen molar-refractivity contribution in [2.75, 3.05) is 0 Å². The monoisotopic (exact) mass is 616 g/mol. The van der Waals surface area contributed by atoms with E-state index in [4.69, 9.17) is 14.2 Å². The van der Waals surface area contributed by atoms with E-state index in [9.17, 15) is 34.1 Å². The lowest BCUT2D eigenvalue weighted by Gasteiger charge is -2.52. The van der Waals surface area contributed by atoms with E-state index in [2.05, 4.69) is 0 Å². The Morgan fingerprint density at radius 2 is 1.39 bits per heavy atom. The summed E-state index contributed by atoms with van der Waals surface area (Å²) in [7, 11) is 0. The highest BCUT2D eigenvalue weighted by Gasteiger charge is 2.58. The van der Waals surface area contributed by atoms with Crippen LogP contribution in [0.2, 0.25) is 0 Å². The lowest BCUT2D eigenvalue weighted by Crippen LogP contribution is -2.51. The first-order valence-corrected chi connectivity index (χ1v) is 14.2. The maximum atomic E-state index is 14.9. The molecular weight excluding hydrogens is 595 g/mol. The van der Waals surface area contributed by atoms with E-state index in [1.807, 2.05) is 55.5 Å². The third-order valence-corrected chi connectivity index (χ3v) is 9.01. The highest BCUT2D eigenvalue weighted by atomic mass is 19.1. The third-order valence-electron chi connectivity index (χ3n) is 9.01. The van der Waals surface area contributed by atoms with Gasteiger partial charge in [0.1, 0.15) is 17.1 Å². The summed E-state index contributed by atoms with van der Waals surface area (Å²) in [4.78, 5) is 48.9. The quantitative estimate of drug-likeness (QED) is 0.147. The summed E-state index contributed by atoms with van der Waals surface area (Å²) in [6.45, 7) is 1.89. The Morgan fingerprint density at radius 3 is 2.02 bits per heavy atom. The zero-order valence-electron chi connectivity index (χ0n) is 23.8. The molecule has 3 aliphatic heterocycles. The summed E-state index contributed by atoms with van der Waals surface area (Å²) in [5.74, 6) is -4.20. The minimum atomic E-state index is -1.50. The van der Waals surface area contributed by atoms with Crippen LogP contribution in [0.1, 0.15) is 55.5 Å². The summed E-state index contributed by atoms with van der Waals surface area (Å²) in [6.07, 6.45) is 0. The Kier molecular flexibility index (Phi) is 5.62. The van der Waals surface area contributed by atoms with E-state index in [1.165, 1.54) is 18.2 Å². The number of benzene rings is 5. The Balaban J connectivity index is 1.53. The lowest BCUT2D eigenvalue weighted by atomic mass is 9.64. The van der Waals surface area contributed by atoms with Crippen molar-refractivity contribution in [3.05, 3.63) is 146 Å². The van der Waals surface area contributed by atoms with Gasteiger partial charge in [0.15, 0.2) is 17.0 Å². The molecule has 0 spiro atoms. The molecule has 3 N–H and O–H groups in total. The van der Waals surface area contributed by atoms with Gasteiger partial charge in [-0.25, -0.2) is 23.8 Å². The number of phenols is 1. The SMILES string of the molecule is CC12OOC(c3cc4c(-c5ccc(C(=O)O)cc5C(=O)O)c5cc(F)c(=O)cc-5oc4cc3O)(c3ccccc31)c1ccccc12. The van der Waals surface area contributed by atoms with Crippen LogP contribution in [0.25, 0.3) is 33.4 Å². The Morgan fingerprint density at radius 1 is 0.739 bits per heavy atom. The average molecular weight is 617 g/mol. The smallest absolute Gasteiger partial charge is 0.336 e. The summed E-state index contributed by atoms with van der Waals surface area (Å²) >= 11 is 0. The number of carbonyl (C=O) groups is 2.